The lowest BCUT2D eigenvalue weighted by molar-refractivity contribution is -0.141. The second-order valence-electron chi connectivity index (χ2n) is 5.37. The molecule has 0 aliphatic carbocycles. The number of nitrogens with two attached hydrogens (primary N) is 1. The Morgan fingerprint density at radius 1 is 1.43 bits per heavy atom. The van der Waals surface area contributed by atoms with Crippen LogP contribution in [0.4, 0.5) is 19.0 Å². The maximum Gasteiger partial charge on any atom is 0.435 e. The number of halogens is 3. The van der Waals surface area contributed by atoms with Crippen LogP contribution >= 0.6 is 0 Å². The molecule has 2 aromatic heterocycles. The van der Waals surface area contributed by atoms with E-state index < -0.39 is 11.9 Å². The zero-order valence-corrected chi connectivity index (χ0v) is 11.5. The molecule has 2 aromatic rings. The molecule has 0 aromatic carbocycles. The van der Waals surface area contributed by atoms with Crippen molar-refractivity contribution in [2.24, 2.45) is 11.7 Å². The van der Waals surface area contributed by atoms with Gasteiger partial charge in [0.05, 0.1) is 0 Å². The van der Waals surface area contributed by atoms with Gasteiger partial charge in [0.15, 0.2) is 11.5 Å². The van der Waals surface area contributed by atoms with Gasteiger partial charge >= 0.3 is 6.18 Å². The molecule has 1 fully saturated rings. The molecule has 1 aliphatic heterocycles. The molecule has 5 nitrogen and oxygen atoms in total. The van der Waals surface area contributed by atoms with Crippen LogP contribution < -0.4 is 10.6 Å². The quantitative estimate of drug-likeness (QED) is 0.920. The highest BCUT2D eigenvalue weighted by atomic mass is 19.4. The molecule has 3 rings (SSSR count). The highest BCUT2D eigenvalue weighted by Crippen LogP contribution is 2.34. The van der Waals surface area contributed by atoms with Crippen LogP contribution in [-0.2, 0) is 6.18 Å². The normalized spacial score (nSPS) is 23.2. The summed E-state index contributed by atoms with van der Waals surface area (Å²) >= 11 is 0. The molecule has 8 heteroatoms. The van der Waals surface area contributed by atoms with E-state index >= 15 is 0 Å². The topological polar surface area (TPSA) is 59.5 Å². The Labute approximate surface area is 119 Å². The highest BCUT2D eigenvalue weighted by molar-refractivity contribution is 5.70. The van der Waals surface area contributed by atoms with E-state index in [-0.39, 0.29) is 6.04 Å². The number of hydrogen-bond donors (Lipinski definition) is 1. The van der Waals surface area contributed by atoms with Gasteiger partial charge in [-0.15, -0.1) is 0 Å². The van der Waals surface area contributed by atoms with E-state index in [4.69, 9.17) is 5.73 Å². The molecule has 3 heterocycles. The summed E-state index contributed by atoms with van der Waals surface area (Å²) in [4.78, 5) is 6.25. The van der Waals surface area contributed by atoms with Crippen molar-refractivity contribution in [3.63, 3.8) is 0 Å². The first-order valence-electron chi connectivity index (χ1n) is 6.80. The standard InChI is InChI=1S/C13H16F3N5/c1-8-2-4-20(10(8)7-17)12-9-6-11(13(14,15)16)19-21(9)5-3-18-12/h3,5-6,8,10H,2,4,7,17H2,1H3. The third-order valence-electron chi connectivity index (χ3n) is 4.06. The van der Waals surface area contributed by atoms with E-state index in [2.05, 4.69) is 17.0 Å². The van der Waals surface area contributed by atoms with E-state index in [0.29, 0.717) is 23.8 Å². The Hall–Kier alpha value is -1.83. The first-order chi connectivity index (χ1) is 9.91. The van der Waals surface area contributed by atoms with Crippen molar-refractivity contribution in [3.05, 3.63) is 24.2 Å². The molecule has 2 unspecified atom stereocenters. The molecule has 0 radical (unpaired) electrons. The highest BCUT2D eigenvalue weighted by Gasteiger charge is 2.36. The summed E-state index contributed by atoms with van der Waals surface area (Å²) in [7, 11) is 0. The van der Waals surface area contributed by atoms with Gasteiger partial charge in [0.1, 0.15) is 5.52 Å². The Morgan fingerprint density at radius 2 is 2.19 bits per heavy atom. The average molecular weight is 299 g/mol. The average Bonchev–Trinajstić information content (AvgIpc) is 3.00. The van der Waals surface area contributed by atoms with Crippen LogP contribution in [0.5, 0.6) is 0 Å². The molecule has 0 amide bonds. The summed E-state index contributed by atoms with van der Waals surface area (Å²) in [6, 6.07) is 1.13. The van der Waals surface area contributed by atoms with E-state index in [9.17, 15) is 13.2 Å². The fourth-order valence-electron chi connectivity index (χ4n) is 2.90. The number of alkyl halides is 3. The summed E-state index contributed by atoms with van der Waals surface area (Å²) in [5.41, 5.74) is 5.25. The number of nitrogens with zero attached hydrogens (tertiary/aromatic N) is 4. The molecule has 1 aliphatic rings. The Balaban J connectivity index is 2.09. The lowest BCUT2D eigenvalue weighted by atomic mass is 10.0. The van der Waals surface area contributed by atoms with Gasteiger partial charge in [0.25, 0.3) is 0 Å². The molecule has 0 saturated carbocycles. The minimum Gasteiger partial charge on any atom is -0.350 e. The predicted octanol–water partition coefficient (Wildman–Crippen LogP) is 1.92. The van der Waals surface area contributed by atoms with Crippen molar-refractivity contribution in [1.29, 1.82) is 0 Å². The van der Waals surface area contributed by atoms with Gasteiger partial charge in [-0.1, -0.05) is 6.92 Å². The van der Waals surface area contributed by atoms with Gasteiger partial charge in [0, 0.05) is 37.6 Å². The first-order valence-corrected chi connectivity index (χ1v) is 6.80. The van der Waals surface area contributed by atoms with Crippen LogP contribution in [0.1, 0.15) is 19.0 Å². The summed E-state index contributed by atoms with van der Waals surface area (Å²) in [6.07, 6.45) is -0.628. The Bertz CT molecular complexity index is 651. The van der Waals surface area contributed by atoms with Gasteiger partial charge in [0.2, 0.25) is 0 Å². The maximum absolute atomic E-state index is 12.8. The van der Waals surface area contributed by atoms with Crippen molar-refractivity contribution in [3.8, 4) is 0 Å². The van der Waals surface area contributed by atoms with Crippen LogP contribution in [0.25, 0.3) is 5.52 Å². The Kier molecular flexibility index (Phi) is 3.27. The fourth-order valence-corrected chi connectivity index (χ4v) is 2.90. The number of aromatic nitrogens is 3. The zero-order chi connectivity index (χ0) is 15.2. The maximum atomic E-state index is 12.8. The van der Waals surface area contributed by atoms with E-state index in [1.807, 2.05) is 4.90 Å². The predicted molar refractivity (Wildman–Crippen MR) is 72.0 cm³/mol. The number of anilines is 1. The van der Waals surface area contributed by atoms with Gasteiger partial charge < -0.3 is 10.6 Å². The Morgan fingerprint density at radius 3 is 2.86 bits per heavy atom. The van der Waals surface area contributed by atoms with Crippen molar-refractivity contribution in [1.82, 2.24) is 14.6 Å². The van der Waals surface area contributed by atoms with Gasteiger partial charge in [-0.3, -0.25) is 0 Å². The molecular weight excluding hydrogens is 283 g/mol. The van der Waals surface area contributed by atoms with Crippen molar-refractivity contribution in [2.45, 2.75) is 25.6 Å². The van der Waals surface area contributed by atoms with Crippen LogP contribution in [0.2, 0.25) is 0 Å². The molecule has 2 N–H and O–H groups in total. The summed E-state index contributed by atoms with van der Waals surface area (Å²) in [5.74, 6) is 0.905. The minimum absolute atomic E-state index is 0.0907. The lowest BCUT2D eigenvalue weighted by Gasteiger charge is -2.27. The molecule has 1 saturated heterocycles. The summed E-state index contributed by atoms with van der Waals surface area (Å²) in [6.45, 7) is 3.28. The minimum atomic E-state index is -4.46. The fraction of sp³-hybridized carbons (Fsp3) is 0.538. The smallest absolute Gasteiger partial charge is 0.350 e. The van der Waals surface area contributed by atoms with Crippen LogP contribution in [0.3, 0.4) is 0 Å². The molecular formula is C13H16F3N5. The number of fused-ring (bicyclic) bond motifs is 1. The molecule has 2 atom stereocenters. The van der Waals surface area contributed by atoms with Crippen molar-refractivity contribution in [2.75, 3.05) is 18.0 Å². The SMILES string of the molecule is CC1CCN(c2nccn3nc(C(F)(F)F)cc23)C1CN. The van der Waals surface area contributed by atoms with Crippen LogP contribution in [0.15, 0.2) is 18.5 Å². The second kappa shape index (κ2) is 4.87. The van der Waals surface area contributed by atoms with E-state index in [1.165, 1.54) is 16.9 Å². The monoisotopic (exact) mass is 299 g/mol. The molecule has 0 bridgehead atoms. The van der Waals surface area contributed by atoms with Gasteiger partial charge in [-0.2, -0.15) is 18.3 Å². The molecule has 21 heavy (non-hydrogen) atoms. The third-order valence-corrected chi connectivity index (χ3v) is 4.06. The van der Waals surface area contributed by atoms with Crippen LogP contribution in [-0.4, -0.2) is 33.7 Å². The largest absolute Gasteiger partial charge is 0.435 e. The lowest BCUT2D eigenvalue weighted by Crippen LogP contribution is -2.39. The van der Waals surface area contributed by atoms with Gasteiger partial charge in [-0.25, -0.2) is 9.50 Å². The molecule has 0 spiro atoms. The second-order valence-corrected chi connectivity index (χ2v) is 5.37. The number of rotatable bonds is 2. The third kappa shape index (κ3) is 2.33. The first kappa shape index (κ1) is 14.1. The van der Waals surface area contributed by atoms with Crippen molar-refractivity contribution >= 4 is 11.3 Å². The zero-order valence-electron chi connectivity index (χ0n) is 11.5. The number of hydrogen-bond acceptors (Lipinski definition) is 4. The van der Waals surface area contributed by atoms with Crippen LogP contribution in [0, 0.1) is 5.92 Å². The molecule has 114 valence electrons. The van der Waals surface area contributed by atoms with E-state index in [1.54, 1.807) is 0 Å². The summed E-state index contributed by atoms with van der Waals surface area (Å²) < 4.78 is 39.7. The van der Waals surface area contributed by atoms with E-state index in [0.717, 1.165) is 19.0 Å². The van der Waals surface area contributed by atoms with Crippen molar-refractivity contribution < 1.29 is 13.2 Å². The summed E-state index contributed by atoms with van der Waals surface area (Å²) in [5, 5.41) is 3.58. The van der Waals surface area contributed by atoms with Gasteiger partial charge in [-0.05, 0) is 12.3 Å².